The second-order valence-corrected chi connectivity index (χ2v) is 4.71. The van der Waals surface area contributed by atoms with Crippen molar-refractivity contribution in [1.82, 2.24) is 0 Å². The average Bonchev–Trinajstić information content (AvgIpc) is 2.83. The van der Waals surface area contributed by atoms with E-state index in [1.807, 2.05) is 0 Å². The minimum Gasteiger partial charge on any atom is -0.386 e. The van der Waals surface area contributed by atoms with E-state index in [1.54, 1.807) is 0 Å². The zero-order valence-electron chi connectivity index (χ0n) is 10.5. The van der Waals surface area contributed by atoms with Gasteiger partial charge in [0, 0.05) is 43.0 Å². The smallest absolute Gasteiger partial charge is 0.270 e. The van der Waals surface area contributed by atoms with Gasteiger partial charge >= 0.3 is 0 Å². The largest absolute Gasteiger partial charge is 0.386 e. The van der Waals surface area contributed by atoms with E-state index in [9.17, 15) is 24.0 Å². The van der Waals surface area contributed by atoms with E-state index in [1.165, 1.54) is 6.07 Å². The fourth-order valence-corrected chi connectivity index (χ4v) is 2.00. The molecule has 1 aromatic carbocycles. The van der Waals surface area contributed by atoms with Gasteiger partial charge in [0.05, 0.1) is 11.5 Å². The number of halogens is 2. The minimum atomic E-state index is -2.84. The third kappa shape index (κ3) is 3.20. The molecule has 0 radical (unpaired) electrons. The summed E-state index contributed by atoms with van der Waals surface area (Å²) >= 11 is 0. The van der Waals surface area contributed by atoms with Crippen LogP contribution in [-0.4, -0.2) is 35.4 Å². The minimum absolute atomic E-state index is 0.0462. The number of anilines is 1. The molecule has 0 saturated carbocycles. The lowest BCUT2D eigenvalue weighted by Crippen LogP contribution is -2.37. The maximum Gasteiger partial charge on any atom is 0.270 e. The number of benzene rings is 1. The Bertz CT molecular complexity index is 504. The summed E-state index contributed by atoms with van der Waals surface area (Å²) in [6.07, 6.45) is -2.43. The molecule has 6 nitrogen and oxygen atoms in total. The topological polar surface area (TPSA) is 84.6 Å². The van der Waals surface area contributed by atoms with Gasteiger partial charge in [-0.05, 0) is 6.07 Å². The first kappa shape index (κ1) is 14.6. The van der Waals surface area contributed by atoms with Crippen molar-refractivity contribution >= 4 is 11.4 Å². The highest BCUT2D eigenvalue weighted by Crippen LogP contribution is 2.31. The zero-order valence-corrected chi connectivity index (χ0v) is 10.5. The van der Waals surface area contributed by atoms with E-state index in [-0.39, 0.29) is 18.8 Å². The molecule has 1 unspecified atom stereocenters. The molecule has 0 aliphatic carbocycles. The van der Waals surface area contributed by atoms with Crippen LogP contribution >= 0.6 is 0 Å². The van der Waals surface area contributed by atoms with Crippen LogP contribution in [0.5, 0.6) is 0 Å². The normalized spacial score (nSPS) is 22.2. The number of hydrogen-bond donors (Lipinski definition) is 2. The second kappa shape index (κ2) is 5.68. The fourth-order valence-electron chi connectivity index (χ4n) is 2.00. The summed E-state index contributed by atoms with van der Waals surface area (Å²) in [5.74, 6) is 0. The Kier molecular flexibility index (Phi) is 4.15. The fraction of sp³-hybridized carbons (Fsp3) is 0.500. The van der Waals surface area contributed by atoms with Crippen molar-refractivity contribution in [3.63, 3.8) is 0 Å². The first-order valence-corrected chi connectivity index (χ1v) is 6.02. The first-order valence-electron chi connectivity index (χ1n) is 6.02. The SMILES string of the molecule is O=[N+]([O-])c1ccc(NCC2(O)CCOC2)c(C(F)F)c1. The lowest BCUT2D eigenvalue weighted by atomic mass is 10.0. The average molecular weight is 288 g/mol. The lowest BCUT2D eigenvalue weighted by Gasteiger charge is -2.22. The molecule has 8 heteroatoms. The van der Waals surface area contributed by atoms with E-state index < -0.39 is 28.2 Å². The van der Waals surface area contributed by atoms with Crippen LogP contribution in [0.15, 0.2) is 18.2 Å². The number of alkyl halides is 2. The Hall–Kier alpha value is -1.80. The molecule has 0 amide bonds. The van der Waals surface area contributed by atoms with Crippen molar-refractivity contribution in [3.05, 3.63) is 33.9 Å². The van der Waals surface area contributed by atoms with Crippen molar-refractivity contribution in [2.24, 2.45) is 0 Å². The van der Waals surface area contributed by atoms with E-state index in [0.717, 1.165) is 12.1 Å². The van der Waals surface area contributed by atoms with Crippen molar-refractivity contribution < 1.29 is 23.5 Å². The highest BCUT2D eigenvalue weighted by Gasteiger charge is 2.32. The van der Waals surface area contributed by atoms with Crippen molar-refractivity contribution in [3.8, 4) is 0 Å². The molecule has 1 atom stereocenters. The van der Waals surface area contributed by atoms with E-state index in [4.69, 9.17) is 4.74 Å². The molecule has 1 saturated heterocycles. The number of aliphatic hydroxyl groups is 1. The summed E-state index contributed by atoms with van der Waals surface area (Å²) in [5, 5.41) is 23.3. The maximum atomic E-state index is 12.9. The number of nitro groups is 1. The van der Waals surface area contributed by atoms with Crippen molar-refractivity contribution in [2.45, 2.75) is 18.4 Å². The van der Waals surface area contributed by atoms with Gasteiger partial charge in [-0.25, -0.2) is 8.78 Å². The van der Waals surface area contributed by atoms with Crippen LogP contribution < -0.4 is 5.32 Å². The van der Waals surface area contributed by atoms with Crippen molar-refractivity contribution in [2.75, 3.05) is 25.1 Å². The highest BCUT2D eigenvalue weighted by atomic mass is 19.3. The molecule has 20 heavy (non-hydrogen) atoms. The van der Waals surface area contributed by atoms with Crippen LogP contribution in [0.25, 0.3) is 0 Å². The Balaban J connectivity index is 2.16. The standard InChI is InChI=1S/C12H14F2N2O4/c13-11(14)9-5-8(16(18)19)1-2-10(9)15-6-12(17)3-4-20-7-12/h1-2,5,11,15,17H,3-4,6-7H2. The van der Waals surface area contributed by atoms with Crippen LogP contribution in [0.4, 0.5) is 20.2 Å². The van der Waals surface area contributed by atoms with Gasteiger partial charge in [0.25, 0.3) is 12.1 Å². The van der Waals surface area contributed by atoms with Crippen LogP contribution in [0.3, 0.4) is 0 Å². The Morgan fingerprint density at radius 1 is 1.55 bits per heavy atom. The summed E-state index contributed by atoms with van der Waals surface area (Å²) < 4.78 is 30.9. The molecule has 1 aliphatic heterocycles. The predicted octanol–water partition coefficient (Wildman–Crippen LogP) is 2.10. The van der Waals surface area contributed by atoms with Gasteiger partial charge in [0.15, 0.2) is 0 Å². The molecule has 2 rings (SSSR count). The number of nitrogens with one attached hydrogen (secondary N) is 1. The van der Waals surface area contributed by atoms with Crippen LogP contribution in [0, 0.1) is 10.1 Å². The molecule has 1 aliphatic rings. The molecule has 0 aromatic heterocycles. The van der Waals surface area contributed by atoms with Gasteiger partial charge in [0.1, 0.15) is 5.60 Å². The number of rotatable bonds is 5. The first-order chi connectivity index (χ1) is 9.41. The number of ether oxygens (including phenoxy) is 1. The van der Waals surface area contributed by atoms with Crippen LogP contribution in [0.1, 0.15) is 18.4 Å². The summed E-state index contributed by atoms with van der Waals surface area (Å²) in [5.41, 5.74) is -1.87. The van der Waals surface area contributed by atoms with Gasteiger partial charge in [-0.1, -0.05) is 0 Å². The molecule has 0 spiro atoms. The van der Waals surface area contributed by atoms with E-state index in [2.05, 4.69) is 5.32 Å². The monoisotopic (exact) mass is 288 g/mol. The number of hydrogen-bond acceptors (Lipinski definition) is 5. The molecule has 110 valence electrons. The molecule has 0 bridgehead atoms. The predicted molar refractivity (Wildman–Crippen MR) is 66.9 cm³/mol. The van der Waals surface area contributed by atoms with Gasteiger partial charge in [-0.2, -0.15) is 0 Å². The third-order valence-corrected chi connectivity index (χ3v) is 3.17. The quantitative estimate of drug-likeness (QED) is 0.640. The van der Waals surface area contributed by atoms with Crippen LogP contribution in [-0.2, 0) is 4.74 Å². The van der Waals surface area contributed by atoms with Gasteiger partial charge in [0.2, 0.25) is 0 Å². The summed E-state index contributed by atoms with van der Waals surface area (Å²) in [6.45, 7) is 0.599. The highest BCUT2D eigenvalue weighted by molar-refractivity contribution is 5.56. The molecular formula is C12H14F2N2O4. The second-order valence-electron chi connectivity index (χ2n) is 4.71. The zero-order chi connectivity index (χ0) is 14.8. The van der Waals surface area contributed by atoms with Crippen LogP contribution in [0.2, 0.25) is 0 Å². The van der Waals surface area contributed by atoms with Gasteiger partial charge in [-0.15, -0.1) is 0 Å². The number of nitrogens with zero attached hydrogens (tertiary/aromatic N) is 1. The Morgan fingerprint density at radius 3 is 2.85 bits per heavy atom. The third-order valence-electron chi connectivity index (χ3n) is 3.17. The van der Waals surface area contributed by atoms with Crippen molar-refractivity contribution in [1.29, 1.82) is 0 Å². The Labute approximate surface area is 113 Å². The summed E-state index contributed by atoms with van der Waals surface area (Å²) in [7, 11) is 0. The van der Waals surface area contributed by atoms with Gasteiger partial charge in [-0.3, -0.25) is 10.1 Å². The Morgan fingerprint density at radius 2 is 2.30 bits per heavy atom. The van der Waals surface area contributed by atoms with E-state index >= 15 is 0 Å². The number of non-ortho nitro benzene ring substituents is 1. The number of nitro benzene ring substituents is 1. The summed E-state index contributed by atoms with van der Waals surface area (Å²) in [6, 6.07) is 3.20. The summed E-state index contributed by atoms with van der Waals surface area (Å²) in [4.78, 5) is 9.86. The maximum absolute atomic E-state index is 12.9. The molecular weight excluding hydrogens is 274 g/mol. The molecule has 1 aromatic rings. The molecule has 1 fully saturated rings. The molecule has 2 N–H and O–H groups in total. The van der Waals surface area contributed by atoms with E-state index in [0.29, 0.717) is 13.0 Å². The molecule has 1 heterocycles. The lowest BCUT2D eigenvalue weighted by molar-refractivity contribution is -0.385. The van der Waals surface area contributed by atoms with Gasteiger partial charge < -0.3 is 15.2 Å².